The van der Waals surface area contributed by atoms with Crippen molar-refractivity contribution >= 4 is 35.7 Å². The van der Waals surface area contributed by atoms with Crippen molar-refractivity contribution in [3.8, 4) is 0 Å². The number of benzene rings is 1. The van der Waals surface area contributed by atoms with Gasteiger partial charge < -0.3 is 10.3 Å². The molecule has 6 heteroatoms. The molecule has 0 aliphatic rings. The molecule has 0 unspecified atom stereocenters. The number of aromatic amines is 1. The minimum Gasteiger partial charge on any atom is -0.372 e. The molecular formula is C14H14BN5. The van der Waals surface area contributed by atoms with E-state index in [0.717, 1.165) is 28.0 Å². The van der Waals surface area contributed by atoms with Crippen molar-refractivity contribution < 1.29 is 0 Å². The second kappa shape index (κ2) is 4.56. The molecule has 3 N–H and O–H groups in total. The number of hydrogen-bond donors (Lipinski definition) is 3. The van der Waals surface area contributed by atoms with Crippen molar-refractivity contribution in [2.24, 2.45) is 7.05 Å². The predicted molar refractivity (Wildman–Crippen MR) is 82.4 cm³/mol. The van der Waals surface area contributed by atoms with Gasteiger partial charge in [-0.05, 0) is 6.07 Å². The summed E-state index contributed by atoms with van der Waals surface area (Å²) in [6.07, 6.45) is 1.83. The van der Waals surface area contributed by atoms with Gasteiger partial charge >= 0.3 is 0 Å². The van der Waals surface area contributed by atoms with Crippen LogP contribution in [0.3, 0.4) is 0 Å². The highest BCUT2D eigenvalue weighted by atomic mass is 15.3. The third kappa shape index (κ3) is 1.89. The fourth-order valence-electron chi connectivity index (χ4n) is 2.31. The van der Waals surface area contributed by atoms with Gasteiger partial charge in [0, 0.05) is 42.8 Å². The molecular weight excluding hydrogens is 249 g/mol. The molecule has 2 aromatic heterocycles. The van der Waals surface area contributed by atoms with Gasteiger partial charge in [0.2, 0.25) is 0 Å². The summed E-state index contributed by atoms with van der Waals surface area (Å²) in [5, 5.41) is 16.7. The van der Waals surface area contributed by atoms with Crippen LogP contribution >= 0.6 is 0 Å². The van der Waals surface area contributed by atoms with Crippen molar-refractivity contribution in [3.05, 3.63) is 41.7 Å². The van der Waals surface area contributed by atoms with Crippen LogP contribution in [0.5, 0.6) is 0 Å². The molecule has 0 fully saturated rings. The Morgan fingerprint density at radius 3 is 2.90 bits per heavy atom. The number of anilines is 1. The number of rotatable bonds is 3. The lowest BCUT2D eigenvalue weighted by atomic mass is 9.94. The third-order valence-electron chi connectivity index (χ3n) is 3.37. The second-order valence-electron chi connectivity index (χ2n) is 4.67. The van der Waals surface area contributed by atoms with Gasteiger partial charge in [0.1, 0.15) is 13.7 Å². The Balaban J connectivity index is 2.10. The summed E-state index contributed by atoms with van der Waals surface area (Å²) in [4.78, 5) is 3.15. The maximum atomic E-state index is 8.41. The molecule has 0 amide bonds. The van der Waals surface area contributed by atoms with Gasteiger partial charge in [0.25, 0.3) is 0 Å². The molecule has 3 aromatic rings. The van der Waals surface area contributed by atoms with E-state index in [9.17, 15) is 0 Å². The molecule has 20 heavy (non-hydrogen) atoms. The van der Waals surface area contributed by atoms with E-state index in [1.165, 1.54) is 0 Å². The van der Waals surface area contributed by atoms with Crippen molar-refractivity contribution in [1.82, 2.24) is 14.8 Å². The zero-order chi connectivity index (χ0) is 14.3. The molecule has 2 radical (unpaired) electrons. The van der Waals surface area contributed by atoms with Crippen LogP contribution in [0.1, 0.15) is 11.3 Å². The molecule has 0 aliphatic carbocycles. The standard InChI is InChI=1S/C14H14BN5/c1-17-13-6-12(20(2)19-13)14(16)10-7-18-11-5-8(15)3-4-9(10)11/h3-7,16,18H,1-2H3,(H,17,19). The molecule has 0 atom stereocenters. The summed E-state index contributed by atoms with van der Waals surface area (Å²) in [5.41, 5.74) is 3.66. The Kier molecular flexibility index (Phi) is 2.86. The minimum absolute atomic E-state index is 0.428. The summed E-state index contributed by atoms with van der Waals surface area (Å²) in [6, 6.07) is 7.50. The van der Waals surface area contributed by atoms with Crippen LogP contribution in [-0.4, -0.2) is 35.4 Å². The maximum Gasteiger partial charge on any atom is 0.148 e. The van der Waals surface area contributed by atoms with Crippen molar-refractivity contribution in [3.63, 3.8) is 0 Å². The lowest BCUT2D eigenvalue weighted by Gasteiger charge is -2.03. The molecule has 0 saturated carbocycles. The smallest absolute Gasteiger partial charge is 0.148 e. The first-order chi connectivity index (χ1) is 9.60. The fraction of sp³-hybridized carbons (Fsp3) is 0.143. The summed E-state index contributed by atoms with van der Waals surface area (Å²) < 4.78 is 1.70. The average Bonchev–Trinajstić information content (AvgIpc) is 3.01. The van der Waals surface area contributed by atoms with E-state index in [1.54, 1.807) is 4.68 Å². The van der Waals surface area contributed by atoms with Gasteiger partial charge in [0.05, 0.1) is 11.4 Å². The Labute approximate surface area is 117 Å². The lowest BCUT2D eigenvalue weighted by molar-refractivity contribution is 0.762. The number of aromatic nitrogens is 3. The summed E-state index contributed by atoms with van der Waals surface area (Å²) in [7, 11) is 9.41. The maximum absolute atomic E-state index is 8.41. The van der Waals surface area contributed by atoms with E-state index in [-0.39, 0.29) is 0 Å². The van der Waals surface area contributed by atoms with Crippen LogP contribution in [0.4, 0.5) is 5.82 Å². The molecule has 0 aliphatic heterocycles. The first-order valence-corrected chi connectivity index (χ1v) is 6.28. The van der Waals surface area contributed by atoms with E-state index < -0.39 is 0 Å². The van der Waals surface area contributed by atoms with Crippen LogP contribution in [0.25, 0.3) is 10.9 Å². The highest BCUT2D eigenvalue weighted by Crippen LogP contribution is 2.21. The van der Waals surface area contributed by atoms with Crippen molar-refractivity contribution in [2.75, 3.05) is 12.4 Å². The summed E-state index contributed by atoms with van der Waals surface area (Å²) in [6.45, 7) is 0. The zero-order valence-electron chi connectivity index (χ0n) is 11.4. The molecule has 98 valence electrons. The fourth-order valence-corrected chi connectivity index (χ4v) is 2.31. The molecule has 1 aromatic carbocycles. The summed E-state index contributed by atoms with van der Waals surface area (Å²) in [5.74, 6) is 0.747. The SMILES string of the molecule is [B]c1ccc2c(C(=N)c3cc(NC)nn3C)c[nH]c2c1. The molecule has 2 heterocycles. The molecule has 0 bridgehead atoms. The highest BCUT2D eigenvalue weighted by molar-refractivity contribution is 6.33. The lowest BCUT2D eigenvalue weighted by Crippen LogP contribution is -2.08. The van der Waals surface area contributed by atoms with Crippen molar-refractivity contribution in [2.45, 2.75) is 0 Å². The van der Waals surface area contributed by atoms with Crippen LogP contribution in [0, 0.1) is 5.41 Å². The number of aryl methyl sites for hydroxylation is 1. The highest BCUT2D eigenvalue weighted by Gasteiger charge is 2.15. The monoisotopic (exact) mass is 263 g/mol. The first kappa shape index (κ1) is 12.5. The largest absolute Gasteiger partial charge is 0.372 e. The number of nitrogens with zero attached hydrogens (tertiary/aromatic N) is 2. The quantitative estimate of drug-likeness (QED) is 0.490. The number of fused-ring (bicyclic) bond motifs is 1. The Morgan fingerprint density at radius 2 is 2.20 bits per heavy atom. The minimum atomic E-state index is 0.428. The van der Waals surface area contributed by atoms with E-state index in [0.29, 0.717) is 11.2 Å². The Morgan fingerprint density at radius 1 is 1.40 bits per heavy atom. The van der Waals surface area contributed by atoms with Crippen LogP contribution < -0.4 is 10.8 Å². The topological polar surface area (TPSA) is 69.5 Å². The first-order valence-electron chi connectivity index (χ1n) is 6.28. The summed E-state index contributed by atoms with van der Waals surface area (Å²) >= 11 is 0. The van der Waals surface area contributed by atoms with Gasteiger partial charge in [-0.1, -0.05) is 17.6 Å². The Bertz CT molecular complexity index is 799. The number of hydrogen-bond acceptors (Lipinski definition) is 3. The predicted octanol–water partition coefficient (Wildman–Crippen LogP) is 1.15. The Hall–Kier alpha value is -2.50. The van der Waals surface area contributed by atoms with E-state index in [4.69, 9.17) is 13.3 Å². The van der Waals surface area contributed by atoms with Gasteiger partial charge in [0.15, 0.2) is 0 Å². The van der Waals surface area contributed by atoms with Crippen LogP contribution in [0.2, 0.25) is 0 Å². The van der Waals surface area contributed by atoms with Crippen LogP contribution in [-0.2, 0) is 7.05 Å². The number of H-pyrrole nitrogens is 1. The van der Waals surface area contributed by atoms with E-state index in [1.807, 2.05) is 44.6 Å². The van der Waals surface area contributed by atoms with Crippen LogP contribution in [0.15, 0.2) is 30.5 Å². The second-order valence-corrected chi connectivity index (χ2v) is 4.67. The van der Waals surface area contributed by atoms with Gasteiger partial charge in [-0.15, -0.1) is 0 Å². The van der Waals surface area contributed by atoms with E-state index in [2.05, 4.69) is 15.4 Å². The van der Waals surface area contributed by atoms with Crippen molar-refractivity contribution in [1.29, 1.82) is 5.41 Å². The van der Waals surface area contributed by atoms with Gasteiger partial charge in [-0.3, -0.25) is 10.1 Å². The zero-order valence-corrected chi connectivity index (χ0v) is 11.4. The molecule has 3 rings (SSSR count). The normalized spacial score (nSPS) is 10.9. The van der Waals surface area contributed by atoms with Gasteiger partial charge in [-0.25, -0.2) is 0 Å². The molecule has 5 nitrogen and oxygen atoms in total. The number of nitrogens with one attached hydrogen (secondary N) is 3. The average molecular weight is 263 g/mol. The van der Waals surface area contributed by atoms with E-state index >= 15 is 0 Å². The third-order valence-corrected chi connectivity index (χ3v) is 3.37. The molecule has 0 saturated heterocycles. The molecule has 0 spiro atoms. The van der Waals surface area contributed by atoms with Gasteiger partial charge in [-0.2, -0.15) is 5.10 Å².